The Balaban J connectivity index is 2.03. The first-order chi connectivity index (χ1) is 9.02. The number of phenolic OH excluding ortho intramolecular Hbond substituents is 1. The molecule has 5 heteroatoms. The fourth-order valence-electron chi connectivity index (χ4n) is 1.63. The van der Waals surface area contributed by atoms with Gasteiger partial charge in [0.25, 0.3) is 0 Å². The van der Waals surface area contributed by atoms with Crippen LogP contribution in [0.15, 0.2) is 42.5 Å². The molecule has 98 valence electrons. The van der Waals surface area contributed by atoms with Crippen LogP contribution in [0.25, 0.3) is 0 Å². The molecule has 19 heavy (non-hydrogen) atoms. The van der Waals surface area contributed by atoms with E-state index in [1.165, 1.54) is 0 Å². The van der Waals surface area contributed by atoms with E-state index in [0.717, 1.165) is 5.56 Å². The summed E-state index contributed by atoms with van der Waals surface area (Å²) in [6, 6.07) is 11.3. The smallest absolute Gasteiger partial charge is 0.228 e. The highest BCUT2D eigenvalue weighted by Gasteiger charge is 2.05. The maximum absolute atomic E-state index is 11.8. The lowest BCUT2D eigenvalue weighted by Gasteiger charge is -2.06. The van der Waals surface area contributed by atoms with Gasteiger partial charge in [0.2, 0.25) is 5.91 Å². The first kappa shape index (κ1) is 13.7. The van der Waals surface area contributed by atoms with Gasteiger partial charge < -0.3 is 10.4 Å². The summed E-state index contributed by atoms with van der Waals surface area (Å²) in [4.78, 5) is 11.8. The van der Waals surface area contributed by atoms with Crippen LogP contribution in [0.2, 0.25) is 10.0 Å². The average molecular weight is 296 g/mol. The van der Waals surface area contributed by atoms with E-state index in [-0.39, 0.29) is 18.1 Å². The Bertz CT molecular complexity index is 577. The van der Waals surface area contributed by atoms with Crippen molar-refractivity contribution in [3.63, 3.8) is 0 Å². The van der Waals surface area contributed by atoms with E-state index in [1.807, 2.05) is 0 Å². The number of anilines is 1. The van der Waals surface area contributed by atoms with Crippen molar-refractivity contribution in [3.8, 4) is 5.75 Å². The fraction of sp³-hybridized carbons (Fsp3) is 0.0714. The van der Waals surface area contributed by atoms with Crippen molar-refractivity contribution in [2.24, 2.45) is 0 Å². The molecule has 0 aliphatic carbocycles. The van der Waals surface area contributed by atoms with Gasteiger partial charge in [0.15, 0.2) is 0 Å². The van der Waals surface area contributed by atoms with Gasteiger partial charge in [-0.2, -0.15) is 0 Å². The number of phenols is 1. The molecular formula is C14H11Cl2NO2. The number of carbonyl (C=O) groups is 1. The zero-order chi connectivity index (χ0) is 13.8. The minimum Gasteiger partial charge on any atom is -0.508 e. The van der Waals surface area contributed by atoms with Gasteiger partial charge in [-0.05, 0) is 35.9 Å². The van der Waals surface area contributed by atoms with Crippen molar-refractivity contribution < 1.29 is 9.90 Å². The van der Waals surface area contributed by atoms with E-state index in [4.69, 9.17) is 28.3 Å². The lowest BCUT2D eigenvalue weighted by atomic mass is 10.1. The van der Waals surface area contributed by atoms with E-state index in [1.54, 1.807) is 42.5 Å². The second kappa shape index (κ2) is 5.95. The quantitative estimate of drug-likeness (QED) is 0.903. The second-order valence-corrected chi connectivity index (χ2v) is 4.92. The van der Waals surface area contributed by atoms with Crippen molar-refractivity contribution in [1.29, 1.82) is 0 Å². The first-order valence-electron chi connectivity index (χ1n) is 5.57. The van der Waals surface area contributed by atoms with Gasteiger partial charge in [0, 0.05) is 15.7 Å². The Morgan fingerprint density at radius 3 is 2.21 bits per heavy atom. The van der Waals surface area contributed by atoms with Crippen molar-refractivity contribution >= 4 is 34.8 Å². The molecule has 0 fully saturated rings. The molecule has 0 spiro atoms. The molecule has 1 amide bonds. The number of halogens is 2. The highest BCUT2D eigenvalue weighted by molar-refractivity contribution is 6.35. The first-order valence-corrected chi connectivity index (χ1v) is 6.32. The van der Waals surface area contributed by atoms with Crippen LogP contribution in [0.3, 0.4) is 0 Å². The largest absolute Gasteiger partial charge is 0.508 e. The van der Waals surface area contributed by atoms with Gasteiger partial charge in [-0.3, -0.25) is 4.79 Å². The number of benzene rings is 2. The molecule has 2 aromatic carbocycles. The average Bonchev–Trinajstić information content (AvgIpc) is 2.30. The Labute approximate surface area is 120 Å². The summed E-state index contributed by atoms with van der Waals surface area (Å²) in [5.41, 5.74) is 1.37. The zero-order valence-electron chi connectivity index (χ0n) is 9.86. The van der Waals surface area contributed by atoms with Crippen LogP contribution in [-0.4, -0.2) is 11.0 Å². The molecule has 2 N–H and O–H groups in total. The van der Waals surface area contributed by atoms with Gasteiger partial charge in [0.1, 0.15) is 5.75 Å². The standard InChI is InChI=1S/C14H11Cl2NO2/c15-10-6-11(16)8-12(7-10)17-14(19)5-9-1-3-13(18)4-2-9/h1-4,6-8,18H,5H2,(H,17,19). The summed E-state index contributed by atoms with van der Waals surface area (Å²) in [5, 5.41) is 12.8. The predicted octanol–water partition coefficient (Wildman–Crippen LogP) is 3.88. The summed E-state index contributed by atoms with van der Waals surface area (Å²) in [7, 11) is 0. The SMILES string of the molecule is O=C(Cc1ccc(O)cc1)Nc1cc(Cl)cc(Cl)c1. The molecule has 0 saturated carbocycles. The molecule has 0 aromatic heterocycles. The molecule has 3 nitrogen and oxygen atoms in total. The maximum Gasteiger partial charge on any atom is 0.228 e. The lowest BCUT2D eigenvalue weighted by Crippen LogP contribution is -2.14. The normalized spacial score (nSPS) is 10.2. The third kappa shape index (κ3) is 4.16. The minimum atomic E-state index is -0.177. The predicted molar refractivity (Wildman–Crippen MR) is 76.9 cm³/mol. The molecule has 2 rings (SSSR count). The van der Waals surface area contributed by atoms with Crippen LogP contribution in [-0.2, 0) is 11.2 Å². The van der Waals surface area contributed by atoms with E-state index < -0.39 is 0 Å². The molecule has 0 aliphatic heterocycles. The van der Waals surface area contributed by atoms with Gasteiger partial charge in [-0.15, -0.1) is 0 Å². The molecule has 0 bridgehead atoms. The molecule has 0 heterocycles. The molecule has 0 atom stereocenters. The maximum atomic E-state index is 11.8. The Kier molecular flexibility index (Phi) is 4.30. The number of carbonyl (C=O) groups excluding carboxylic acids is 1. The summed E-state index contributed by atoms with van der Waals surface area (Å²) < 4.78 is 0. The number of rotatable bonds is 3. The molecule has 0 unspecified atom stereocenters. The van der Waals surface area contributed by atoms with Crippen LogP contribution in [0.4, 0.5) is 5.69 Å². The van der Waals surface area contributed by atoms with Crippen molar-refractivity contribution in [1.82, 2.24) is 0 Å². The zero-order valence-corrected chi connectivity index (χ0v) is 11.4. The van der Waals surface area contributed by atoms with Crippen molar-refractivity contribution in [3.05, 3.63) is 58.1 Å². The highest BCUT2D eigenvalue weighted by atomic mass is 35.5. The highest BCUT2D eigenvalue weighted by Crippen LogP contribution is 2.22. The topological polar surface area (TPSA) is 49.3 Å². The third-order valence-corrected chi connectivity index (χ3v) is 2.88. The Morgan fingerprint density at radius 1 is 1.05 bits per heavy atom. The second-order valence-electron chi connectivity index (χ2n) is 4.05. The van der Waals surface area contributed by atoms with Gasteiger partial charge >= 0.3 is 0 Å². The number of hydrogen-bond acceptors (Lipinski definition) is 2. The van der Waals surface area contributed by atoms with E-state index in [9.17, 15) is 4.79 Å². The van der Waals surface area contributed by atoms with Crippen molar-refractivity contribution in [2.45, 2.75) is 6.42 Å². The molecule has 0 saturated heterocycles. The van der Waals surface area contributed by atoms with Crippen LogP contribution < -0.4 is 5.32 Å². The molecule has 0 radical (unpaired) electrons. The van der Waals surface area contributed by atoms with Crippen molar-refractivity contribution in [2.75, 3.05) is 5.32 Å². The van der Waals surface area contributed by atoms with E-state index in [0.29, 0.717) is 15.7 Å². The Hall–Kier alpha value is -1.71. The molecular weight excluding hydrogens is 285 g/mol. The van der Waals surface area contributed by atoms with Crippen LogP contribution in [0.5, 0.6) is 5.75 Å². The summed E-state index contributed by atoms with van der Waals surface area (Å²) in [6.45, 7) is 0. The van der Waals surface area contributed by atoms with Gasteiger partial charge in [0.05, 0.1) is 6.42 Å². The van der Waals surface area contributed by atoms with Gasteiger partial charge in [-0.25, -0.2) is 0 Å². The number of amides is 1. The van der Waals surface area contributed by atoms with Crippen LogP contribution in [0, 0.1) is 0 Å². The van der Waals surface area contributed by atoms with Crippen LogP contribution in [0.1, 0.15) is 5.56 Å². The number of nitrogens with one attached hydrogen (secondary N) is 1. The van der Waals surface area contributed by atoms with E-state index >= 15 is 0 Å². The van der Waals surface area contributed by atoms with E-state index in [2.05, 4.69) is 5.32 Å². The lowest BCUT2D eigenvalue weighted by molar-refractivity contribution is -0.115. The fourth-order valence-corrected chi connectivity index (χ4v) is 2.16. The monoisotopic (exact) mass is 295 g/mol. The summed E-state index contributed by atoms with van der Waals surface area (Å²) >= 11 is 11.7. The summed E-state index contributed by atoms with van der Waals surface area (Å²) in [5.74, 6) is -0.00481. The molecule has 2 aromatic rings. The summed E-state index contributed by atoms with van der Waals surface area (Å²) in [6.07, 6.45) is 0.213. The number of hydrogen-bond donors (Lipinski definition) is 2. The Morgan fingerprint density at radius 2 is 1.63 bits per heavy atom. The minimum absolute atomic E-state index is 0.172. The third-order valence-electron chi connectivity index (χ3n) is 2.45. The van der Waals surface area contributed by atoms with Crippen LogP contribution >= 0.6 is 23.2 Å². The van der Waals surface area contributed by atoms with Gasteiger partial charge in [-0.1, -0.05) is 35.3 Å². The number of aromatic hydroxyl groups is 1. The molecule has 0 aliphatic rings.